The third kappa shape index (κ3) is 7.03. The molecule has 2 N–H and O–H groups in total. The zero-order valence-electron chi connectivity index (χ0n) is 16.4. The monoisotopic (exact) mass is 437 g/mol. The van der Waals surface area contributed by atoms with Crippen LogP contribution in [-0.4, -0.2) is 68.8 Å². The van der Waals surface area contributed by atoms with E-state index in [0.29, 0.717) is 38.4 Å². The Hall–Kier alpha value is -2.08. The predicted molar refractivity (Wildman–Crippen MR) is 103 cm³/mol. The summed E-state index contributed by atoms with van der Waals surface area (Å²) in [4.78, 5) is 7.76. The smallest absolute Gasteiger partial charge is 0.417 e. The van der Waals surface area contributed by atoms with Gasteiger partial charge < -0.3 is 15.4 Å². The van der Waals surface area contributed by atoms with Crippen molar-refractivity contribution in [3.63, 3.8) is 0 Å². The number of aliphatic imine (C=N–C) groups is 1. The summed E-state index contributed by atoms with van der Waals surface area (Å²) in [5.41, 5.74) is -0.828. The first-order valence-corrected chi connectivity index (χ1v) is 10.9. The highest BCUT2D eigenvalue weighted by molar-refractivity contribution is 7.89. The number of hydrogen-bond acceptors (Lipinski definition) is 5. The van der Waals surface area contributed by atoms with Crippen molar-refractivity contribution in [1.29, 1.82) is 0 Å². The minimum Gasteiger partial charge on any atom is -0.476 e. The average molecular weight is 437 g/mol. The zero-order valence-corrected chi connectivity index (χ0v) is 17.2. The number of alkyl halides is 3. The van der Waals surface area contributed by atoms with Crippen molar-refractivity contribution in [2.24, 2.45) is 4.99 Å². The van der Waals surface area contributed by atoms with Gasteiger partial charge in [-0.25, -0.2) is 17.7 Å². The Bertz CT molecular complexity index is 776. The number of nitrogens with one attached hydrogen (secondary N) is 2. The molecular formula is C17H26F3N5O3S. The SMILES string of the molecule is CCS(=O)(=O)N1CCC(NC(=NC)NCCOc2ccc(C(F)(F)F)cn2)CC1. The highest BCUT2D eigenvalue weighted by Gasteiger charge is 2.30. The molecule has 1 aliphatic rings. The van der Waals surface area contributed by atoms with Gasteiger partial charge in [-0.1, -0.05) is 0 Å². The lowest BCUT2D eigenvalue weighted by molar-refractivity contribution is -0.137. The number of halogens is 3. The second-order valence-corrected chi connectivity index (χ2v) is 8.71. The van der Waals surface area contributed by atoms with Gasteiger partial charge in [0.25, 0.3) is 0 Å². The summed E-state index contributed by atoms with van der Waals surface area (Å²) in [6, 6.07) is 2.19. The average Bonchev–Trinajstić information content (AvgIpc) is 2.70. The van der Waals surface area contributed by atoms with Gasteiger partial charge in [-0.15, -0.1) is 0 Å². The first-order valence-electron chi connectivity index (χ1n) is 9.26. The van der Waals surface area contributed by atoms with E-state index in [0.717, 1.165) is 12.3 Å². The topological polar surface area (TPSA) is 95.9 Å². The van der Waals surface area contributed by atoms with Gasteiger partial charge in [0.15, 0.2) is 5.96 Å². The molecule has 1 saturated heterocycles. The first kappa shape index (κ1) is 23.2. The Balaban J connectivity index is 1.71. The molecule has 0 unspecified atom stereocenters. The summed E-state index contributed by atoms with van der Waals surface area (Å²) < 4.78 is 68.1. The molecular weight excluding hydrogens is 411 g/mol. The third-order valence-corrected chi connectivity index (χ3v) is 6.37. The van der Waals surface area contributed by atoms with E-state index in [1.807, 2.05) is 0 Å². The Morgan fingerprint density at radius 2 is 2.03 bits per heavy atom. The van der Waals surface area contributed by atoms with E-state index in [1.165, 1.54) is 10.4 Å². The molecule has 12 heteroatoms. The van der Waals surface area contributed by atoms with Crippen molar-refractivity contribution in [1.82, 2.24) is 19.9 Å². The van der Waals surface area contributed by atoms with Gasteiger partial charge >= 0.3 is 6.18 Å². The van der Waals surface area contributed by atoms with E-state index >= 15 is 0 Å². The van der Waals surface area contributed by atoms with E-state index in [2.05, 4.69) is 20.6 Å². The van der Waals surface area contributed by atoms with Crippen molar-refractivity contribution >= 4 is 16.0 Å². The van der Waals surface area contributed by atoms with Crippen LogP contribution in [0.25, 0.3) is 0 Å². The van der Waals surface area contributed by atoms with E-state index in [4.69, 9.17) is 4.74 Å². The predicted octanol–water partition coefficient (Wildman–Crippen LogP) is 1.46. The summed E-state index contributed by atoms with van der Waals surface area (Å²) >= 11 is 0. The summed E-state index contributed by atoms with van der Waals surface area (Å²) in [5, 5.41) is 6.29. The second kappa shape index (κ2) is 10.1. The number of piperidine rings is 1. The van der Waals surface area contributed by atoms with Crippen LogP contribution in [0, 0.1) is 0 Å². The molecule has 0 amide bonds. The molecule has 0 radical (unpaired) electrons. The third-order valence-electron chi connectivity index (χ3n) is 4.48. The van der Waals surface area contributed by atoms with Crippen LogP contribution in [0.4, 0.5) is 13.2 Å². The molecule has 1 aliphatic heterocycles. The standard InChI is InChI=1S/C17H26F3N5O3S/c1-3-29(26,27)25-9-6-14(7-10-25)24-16(21-2)22-8-11-28-15-5-4-13(12-23-15)17(18,19)20/h4-5,12,14H,3,6-11H2,1-2H3,(H2,21,22,24). The van der Waals surface area contributed by atoms with Gasteiger partial charge in [-0.2, -0.15) is 13.2 Å². The van der Waals surface area contributed by atoms with Crippen LogP contribution in [0.3, 0.4) is 0 Å². The van der Waals surface area contributed by atoms with Gasteiger partial charge in [-0.3, -0.25) is 4.99 Å². The quantitative estimate of drug-likeness (QED) is 0.381. The summed E-state index contributed by atoms with van der Waals surface area (Å²) in [5.74, 6) is 0.750. The van der Waals surface area contributed by atoms with E-state index in [1.54, 1.807) is 14.0 Å². The molecule has 1 aromatic heterocycles. The van der Waals surface area contributed by atoms with Gasteiger partial charge in [0.2, 0.25) is 15.9 Å². The van der Waals surface area contributed by atoms with Gasteiger partial charge in [-0.05, 0) is 25.8 Å². The highest BCUT2D eigenvalue weighted by atomic mass is 32.2. The molecule has 0 spiro atoms. The molecule has 0 bridgehead atoms. The lowest BCUT2D eigenvalue weighted by Crippen LogP contribution is -2.50. The fourth-order valence-corrected chi connectivity index (χ4v) is 3.94. The molecule has 2 heterocycles. The molecule has 0 atom stereocenters. The van der Waals surface area contributed by atoms with Crippen molar-refractivity contribution in [3.05, 3.63) is 23.9 Å². The molecule has 0 aromatic carbocycles. The van der Waals surface area contributed by atoms with Crippen LogP contribution in [0.15, 0.2) is 23.3 Å². The van der Waals surface area contributed by atoms with E-state index in [9.17, 15) is 21.6 Å². The van der Waals surface area contributed by atoms with Gasteiger partial charge in [0.05, 0.1) is 17.9 Å². The van der Waals surface area contributed by atoms with Crippen molar-refractivity contribution in [2.45, 2.75) is 32.0 Å². The lowest BCUT2D eigenvalue weighted by Gasteiger charge is -2.32. The van der Waals surface area contributed by atoms with Crippen LogP contribution in [-0.2, 0) is 16.2 Å². The summed E-state index contributed by atoms with van der Waals surface area (Å²) in [6.07, 6.45) is -2.35. The Labute approximate surface area is 168 Å². The fraction of sp³-hybridized carbons (Fsp3) is 0.647. The van der Waals surface area contributed by atoms with Crippen molar-refractivity contribution < 1.29 is 26.3 Å². The molecule has 164 valence electrons. The molecule has 2 rings (SSSR count). The number of nitrogens with zero attached hydrogens (tertiary/aromatic N) is 3. The van der Waals surface area contributed by atoms with Gasteiger partial charge in [0, 0.05) is 38.4 Å². The summed E-state index contributed by atoms with van der Waals surface area (Å²) in [6.45, 7) is 3.12. The number of pyridine rings is 1. The lowest BCUT2D eigenvalue weighted by atomic mass is 10.1. The largest absolute Gasteiger partial charge is 0.476 e. The maximum absolute atomic E-state index is 12.5. The number of guanidine groups is 1. The molecule has 1 fully saturated rings. The number of ether oxygens (including phenoxy) is 1. The normalized spacial score (nSPS) is 17.2. The number of hydrogen-bond donors (Lipinski definition) is 2. The molecule has 8 nitrogen and oxygen atoms in total. The zero-order chi connectivity index (χ0) is 21.5. The van der Waals surface area contributed by atoms with Crippen molar-refractivity contribution in [3.8, 4) is 5.88 Å². The van der Waals surface area contributed by atoms with Crippen molar-refractivity contribution in [2.75, 3.05) is 39.0 Å². The van der Waals surface area contributed by atoms with Gasteiger partial charge in [0.1, 0.15) is 6.61 Å². The minimum absolute atomic E-state index is 0.0991. The van der Waals surface area contributed by atoms with E-state index in [-0.39, 0.29) is 24.3 Å². The van der Waals surface area contributed by atoms with Crippen LogP contribution in [0.5, 0.6) is 5.88 Å². The minimum atomic E-state index is -4.43. The maximum atomic E-state index is 12.5. The second-order valence-electron chi connectivity index (χ2n) is 6.45. The fourth-order valence-electron chi connectivity index (χ4n) is 2.81. The Morgan fingerprint density at radius 3 is 2.55 bits per heavy atom. The molecule has 29 heavy (non-hydrogen) atoms. The number of sulfonamides is 1. The van der Waals surface area contributed by atoms with Crippen LogP contribution >= 0.6 is 0 Å². The Kier molecular flexibility index (Phi) is 8.08. The highest BCUT2D eigenvalue weighted by Crippen LogP contribution is 2.29. The Morgan fingerprint density at radius 1 is 1.34 bits per heavy atom. The maximum Gasteiger partial charge on any atom is 0.417 e. The summed E-state index contributed by atoms with van der Waals surface area (Å²) in [7, 11) is -1.54. The molecule has 0 aliphatic carbocycles. The van der Waals surface area contributed by atoms with Crippen LogP contribution in [0.1, 0.15) is 25.3 Å². The molecule has 0 saturated carbocycles. The van der Waals surface area contributed by atoms with Crippen LogP contribution < -0.4 is 15.4 Å². The molecule has 1 aromatic rings. The van der Waals surface area contributed by atoms with Crippen LogP contribution in [0.2, 0.25) is 0 Å². The van der Waals surface area contributed by atoms with E-state index < -0.39 is 21.8 Å². The number of aromatic nitrogens is 1. The first-order chi connectivity index (χ1) is 13.7. The number of rotatable bonds is 7.